The van der Waals surface area contributed by atoms with Gasteiger partial charge in [-0.3, -0.25) is 5.43 Å². The second kappa shape index (κ2) is 2.70. The van der Waals surface area contributed by atoms with Crippen LogP contribution in [0.1, 0.15) is 0 Å². The van der Waals surface area contributed by atoms with E-state index in [0.717, 1.165) is 0 Å². The zero-order valence-electron chi connectivity index (χ0n) is 4.91. The van der Waals surface area contributed by atoms with Crippen molar-refractivity contribution in [2.24, 2.45) is 5.10 Å². The molecule has 0 spiro atoms. The van der Waals surface area contributed by atoms with Gasteiger partial charge in [-0.15, -0.1) is 0 Å². The fourth-order valence-electron chi connectivity index (χ4n) is 0.525. The molecule has 0 bridgehead atoms. The average molecular weight is 161 g/mol. The van der Waals surface area contributed by atoms with Gasteiger partial charge in [-0.2, -0.15) is 5.10 Å². The summed E-state index contributed by atoms with van der Waals surface area (Å²) in [6, 6.07) is -0.748. The van der Waals surface area contributed by atoms with Crippen molar-refractivity contribution < 1.29 is 9.90 Å². The van der Waals surface area contributed by atoms with Gasteiger partial charge < -0.3 is 5.11 Å². The molecule has 5 heteroatoms. The molecule has 10 heavy (non-hydrogen) atoms. The Bertz CT molecular complexity index is 212. The second-order valence-electron chi connectivity index (χ2n) is 1.74. The van der Waals surface area contributed by atoms with E-state index in [-0.39, 0.29) is 5.17 Å². The molecule has 0 aromatic carbocycles. The van der Waals surface area contributed by atoms with E-state index in [4.69, 9.17) is 16.7 Å². The molecule has 0 amide bonds. The molecule has 1 unspecified atom stereocenters. The molecule has 2 N–H and O–H groups in total. The first-order chi connectivity index (χ1) is 4.70. The summed E-state index contributed by atoms with van der Waals surface area (Å²) in [4.78, 5) is 10.2. The van der Waals surface area contributed by atoms with Gasteiger partial charge in [0.2, 0.25) is 0 Å². The van der Waals surface area contributed by atoms with Gasteiger partial charge in [-0.25, -0.2) is 4.79 Å². The lowest BCUT2D eigenvalue weighted by Crippen LogP contribution is -2.33. The molecular formula is C5H5ClN2O2. The van der Waals surface area contributed by atoms with Crippen LogP contribution < -0.4 is 5.43 Å². The minimum atomic E-state index is -0.968. The van der Waals surface area contributed by atoms with Crippen molar-refractivity contribution in [3.8, 4) is 0 Å². The Morgan fingerprint density at radius 3 is 3.00 bits per heavy atom. The van der Waals surface area contributed by atoms with Crippen molar-refractivity contribution in [1.82, 2.24) is 5.43 Å². The number of hydrogen-bond acceptors (Lipinski definition) is 3. The number of hydrazone groups is 1. The summed E-state index contributed by atoms with van der Waals surface area (Å²) in [7, 11) is 0. The van der Waals surface area contributed by atoms with Crippen molar-refractivity contribution in [2.75, 3.05) is 0 Å². The number of halogens is 1. The molecule has 1 aliphatic rings. The predicted octanol–water partition coefficient (Wildman–Crippen LogP) is 0.151. The van der Waals surface area contributed by atoms with Gasteiger partial charge in [0.05, 0.1) is 0 Å². The largest absolute Gasteiger partial charge is 0.479 e. The smallest absolute Gasteiger partial charge is 0.331 e. The summed E-state index contributed by atoms with van der Waals surface area (Å²) >= 11 is 5.39. The van der Waals surface area contributed by atoms with Crippen LogP contribution in [-0.2, 0) is 4.79 Å². The molecule has 0 fully saturated rings. The lowest BCUT2D eigenvalue weighted by molar-refractivity contribution is -0.138. The highest BCUT2D eigenvalue weighted by Gasteiger charge is 2.14. The Kier molecular flexibility index (Phi) is 1.91. The fourth-order valence-corrected chi connectivity index (χ4v) is 0.646. The number of aliphatic carboxylic acids is 1. The van der Waals surface area contributed by atoms with Crippen molar-refractivity contribution in [3.05, 3.63) is 12.2 Å². The zero-order valence-corrected chi connectivity index (χ0v) is 5.67. The highest BCUT2D eigenvalue weighted by molar-refractivity contribution is 6.68. The minimum absolute atomic E-state index is 0.262. The number of carboxylic acids is 1. The van der Waals surface area contributed by atoms with Gasteiger partial charge >= 0.3 is 5.97 Å². The average Bonchev–Trinajstić information content (AvgIpc) is 1.88. The number of carbonyl (C=O) groups is 1. The number of nitrogens with one attached hydrogen (secondary N) is 1. The quantitative estimate of drug-likeness (QED) is 0.574. The van der Waals surface area contributed by atoms with Crippen LogP contribution in [0.3, 0.4) is 0 Å². The van der Waals surface area contributed by atoms with Gasteiger partial charge in [-0.05, 0) is 12.2 Å². The maximum atomic E-state index is 10.2. The maximum absolute atomic E-state index is 10.2. The lowest BCUT2D eigenvalue weighted by Gasteiger charge is -2.09. The monoisotopic (exact) mass is 160 g/mol. The molecule has 1 atom stereocenters. The molecule has 0 aromatic rings. The van der Waals surface area contributed by atoms with Crippen LogP contribution >= 0.6 is 11.6 Å². The molecule has 1 aliphatic heterocycles. The SMILES string of the molecule is O=C(O)C1C=CC(Cl)=NN1. The molecular weight excluding hydrogens is 156 g/mol. The Morgan fingerprint density at radius 2 is 2.60 bits per heavy atom. The van der Waals surface area contributed by atoms with E-state index in [9.17, 15) is 4.79 Å². The lowest BCUT2D eigenvalue weighted by atomic mass is 10.3. The molecule has 0 aliphatic carbocycles. The van der Waals surface area contributed by atoms with Gasteiger partial charge in [0, 0.05) is 0 Å². The van der Waals surface area contributed by atoms with Crippen LogP contribution in [0.25, 0.3) is 0 Å². The number of rotatable bonds is 1. The molecule has 0 aromatic heterocycles. The summed E-state index contributed by atoms with van der Waals surface area (Å²) in [6.07, 6.45) is 2.87. The molecule has 54 valence electrons. The topological polar surface area (TPSA) is 61.7 Å². The summed E-state index contributed by atoms with van der Waals surface area (Å²) < 4.78 is 0. The molecule has 1 heterocycles. The summed E-state index contributed by atoms with van der Waals surface area (Å²) in [5.41, 5.74) is 2.34. The third kappa shape index (κ3) is 1.48. The predicted molar refractivity (Wildman–Crippen MR) is 37.0 cm³/mol. The first-order valence-corrected chi connectivity index (χ1v) is 2.97. The number of hydrogen-bond donors (Lipinski definition) is 2. The summed E-state index contributed by atoms with van der Waals surface area (Å²) in [6.45, 7) is 0. The highest BCUT2D eigenvalue weighted by atomic mass is 35.5. The van der Waals surface area contributed by atoms with Gasteiger partial charge in [0.25, 0.3) is 0 Å². The number of nitrogens with zero attached hydrogens (tertiary/aromatic N) is 1. The van der Waals surface area contributed by atoms with Crippen LogP contribution in [0.4, 0.5) is 0 Å². The standard InChI is InChI=1S/C5H5ClN2O2/c6-4-2-1-3(5(9)10)7-8-4/h1-3,7H,(H,9,10). The summed E-state index contributed by atoms with van der Waals surface area (Å²) in [5.74, 6) is -0.968. The first kappa shape index (κ1) is 7.08. The van der Waals surface area contributed by atoms with Crippen molar-refractivity contribution in [3.63, 3.8) is 0 Å². The minimum Gasteiger partial charge on any atom is -0.479 e. The third-order valence-electron chi connectivity index (χ3n) is 1.00. The van der Waals surface area contributed by atoms with Crippen LogP contribution in [0, 0.1) is 0 Å². The fraction of sp³-hybridized carbons (Fsp3) is 0.200. The maximum Gasteiger partial charge on any atom is 0.331 e. The van der Waals surface area contributed by atoms with E-state index in [2.05, 4.69) is 10.5 Å². The van der Waals surface area contributed by atoms with E-state index >= 15 is 0 Å². The number of carboxylic acid groups (broad SMARTS) is 1. The van der Waals surface area contributed by atoms with E-state index in [1.54, 1.807) is 0 Å². The van der Waals surface area contributed by atoms with Gasteiger partial charge in [0.1, 0.15) is 5.17 Å². The van der Waals surface area contributed by atoms with Crippen molar-refractivity contribution in [2.45, 2.75) is 6.04 Å². The Hall–Kier alpha value is -1.03. The van der Waals surface area contributed by atoms with Gasteiger partial charge in [0.15, 0.2) is 6.04 Å². The molecule has 1 rings (SSSR count). The Balaban J connectivity index is 2.60. The second-order valence-corrected chi connectivity index (χ2v) is 2.13. The Labute approximate surface area is 62.2 Å². The van der Waals surface area contributed by atoms with Crippen molar-refractivity contribution >= 4 is 22.7 Å². The third-order valence-corrected chi connectivity index (χ3v) is 1.21. The van der Waals surface area contributed by atoms with Crippen LogP contribution in [-0.4, -0.2) is 22.3 Å². The normalized spacial score (nSPS) is 23.3. The van der Waals surface area contributed by atoms with E-state index in [0.29, 0.717) is 0 Å². The molecule has 4 nitrogen and oxygen atoms in total. The van der Waals surface area contributed by atoms with Crippen LogP contribution in [0.15, 0.2) is 17.3 Å². The zero-order chi connectivity index (χ0) is 7.56. The van der Waals surface area contributed by atoms with E-state index in [1.165, 1.54) is 12.2 Å². The van der Waals surface area contributed by atoms with Crippen LogP contribution in [0.5, 0.6) is 0 Å². The van der Waals surface area contributed by atoms with Crippen molar-refractivity contribution in [1.29, 1.82) is 0 Å². The molecule has 0 saturated heterocycles. The Morgan fingerprint density at radius 1 is 1.90 bits per heavy atom. The van der Waals surface area contributed by atoms with E-state index < -0.39 is 12.0 Å². The first-order valence-electron chi connectivity index (χ1n) is 2.60. The van der Waals surface area contributed by atoms with Gasteiger partial charge in [-0.1, -0.05) is 11.6 Å². The molecule has 0 radical (unpaired) electrons. The van der Waals surface area contributed by atoms with E-state index in [1.807, 2.05) is 0 Å². The summed E-state index contributed by atoms with van der Waals surface area (Å²) in [5, 5.41) is 12.2. The number of allylic oxidation sites excluding steroid dienone is 1. The molecule has 0 saturated carbocycles. The highest BCUT2D eigenvalue weighted by Crippen LogP contribution is 1.98. The van der Waals surface area contributed by atoms with Crippen LogP contribution in [0.2, 0.25) is 0 Å².